The van der Waals surface area contributed by atoms with Gasteiger partial charge < -0.3 is 14.0 Å². The van der Waals surface area contributed by atoms with Crippen molar-refractivity contribution in [3.63, 3.8) is 0 Å². The molecule has 0 bridgehead atoms. The van der Waals surface area contributed by atoms with Gasteiger partial charge in [-0.25, -0.2) is 4.39 Å². The van der Waals surface area contributed by atoms with E-state index in [0.717, 1.165) is 6.07 Å². The smallest absolute Gasteiger partial charge is 0.432 e. The largest absolute Gasteiger partial charge is 0.495 e. The zero-order valence-corrected chi connectivity index (χ0v) is 12.6. The van der Waals surface area contributed by atoms with E-state index in [0.29, 0.717) is 0 Å². The maximum absolute atomic E-state index is 13.8. The Morgan fingerprint density at radius 3 is 2.18 bits per heavy atom. The van der Waals surface area contributed by atoms with Gasteiger partial charge in [-0.2, -0.15) is 14.0 Å². The molecule has 1 heterocycles. The molecule has 8 heteroatoms. The molecule has 2 rings (SSSR count). The highest BCUT2D eigenvalue weighted by atomic mass is 19.3. The normalized spacial score (nSPS) is 19.3. The van der Waals surface area contributed by atoms with E-state index in [1.54, 1.807) is 6.07 Å². The number of halogens is 3. The fraction of sp³-hybridized carbons (Fsp3) is 0.500. The summed E-state index contributed by atoms with van der Waals surface area (Å²) < 4.78 is 54.2. The molecule has 1 aliphatic heterocycles. The van der Waals surface area contributed by atoms with Crippen molar-refractivity contribution >= 4 is 12.6 Å². The Balaban J connectivity index is 2.43. The molecule has 0 aromatic heterocycles. The lowest BCUT2D eigenvalue weighted by Crippen LogP contribution is -2.41. The molecule has 0 amide bonds. The first-order valence-corrected chi connectivity index (χ1v) is 6.61. The van der Waals surface area contributed by atoms with Gasteiger partial charge >= 0.3 is 13.7 Å². The van der Waals surface area contributed by atoms with Crippen molar-refractivity contribution in [2.24, 2.45) is 0 Å². The van der Waals surface area contributed by atoms with Gasteiger partial charge in [0.25, 0.3) is 0 Å². The SMILES string of the molecule is CC1(C)OB(c2cc(C#N)c(F)c(OC(F)F)c2)OC1(C)C. The molecule has 0 aliphatic carbocycles. The van der Waals surface area contributed by atoms with Gasteiger partial charge in [-0.05, 0) is 45.3 Å². The molecule has 1 aromatic rings. The average Bonchev–Trinajstić information content (AvgIpc) is 2.60. The minimum Gasteiger partial charge on any atom is -0.432 e. The van der Waals surface area contributed by atoms with Gasteiger partial charge in [-0.1, -0.05) is 0 Å². The first-order valence-electron chi connectivity index (χ1n) is 6.61. The molecule has 0 radical (unpaired) electrons. The topological polar surface area (TPSA) is 51.5 Å². The molecule has 118 valence electrons. The minimum atomic E-state index is -3.20. The van der Waals surface area contributed by atoms with Crippen LogP contribution in [0.2, 0.25) is 0 Å². The molecular formula is C14H15BF3NO3. The van der Waals surface area contributed by atoms with E-state index in [-0.39, 0.29) is 5.46 Å². The van der Waals surface area contributed by atoms with Crippen LogP contribution in [0.25, 0.3) is 0 Å². The van der Waals surface area contributed by atoms with Crippen molar-refractivity contribution in [1.29, 1.82) is 5.26 Å². The van der Waals surface area contributed by atoms with Crippen molar-refractivity contribution in [2.75, 3.05) is 0 Å². The summed E-state index contributed by atoms with van der Waals surface area (Å²) in [4.78, 5) is 0. The summed E-state index contributed by atoms with van der Waals surface area (Å²) in [5.41, 5.74) is -1.47. The van der Waals surface area contributed by atoms with Gasteiger partial charge in [0.2, 0.25) is 0 Å². The van der Waals surface area contributed by atoms with Crippen molar-refractivity contribution in [1.82, 2.24) is 0 Å². The van der Waals surface area contributed by atoms with Gasteiger partial charge in [-0.3, -0.25) is 0 Å². The molecule has 0 spiro atoms. The van der Waals surface area contributed by atoms with E-state index in [2.05, 4.69) is 4.74 Å². The maximum Gasteiger partial charge on any atom is 0.495 e. The molecule has 0 atom stereocenters. The fourth-order valence-corrected chi connectivity index (χ4v) is 2.00. The van der Waals surface area contributed by atoms with E-state index in [1.807, 2.05) is 27.7 Å². The number of hydrogen-bond donors (Lipinski definition) is 0. The van der Waals surface area contributed by atoms with Crippen LogP contribution in [-0.2, 0) is 9.31 Å². The second-order valence-corrected chi connectivity index (χ2v) is 5.96. The van der Waals surface area contributed by atoms with E-state index in [1.165, 1.54) is 6.07 Å². The molecule has 4 nitrogen and oxygen atoms in total. The number of rotatable bonds is 3. The van der Waals surface area contributed by atoms with Crippen LogP contribution in [0.3, 0.4) is 0 Å². The maximum atomic E-state index is 13.8. The summed E-state index contributed by atoms with van der Waals surface area (Å²) >= 11 is 0. The third-order valence-electron chi connectivity index (χ3n) is 3.92. The van der Waals surface area contributed by atoms with Crippen LogP contribution >= 0.6 is 0 Å². The summed E-state index contributed by atoms with van der Waals surface area (Å²) in [6, 6.07) is 3.87. The number of ether oxygens (including phenoxy) is 1. The lowest BCUT2D eigenvalue weighted by Gasteiger charge is -2.32. The van der Waals surface area contributed by atoms with E-state index in [9.17, 15) is 13.2 Å². The molecule has 22 heavy (non-hydrogen) atoms. The highest BCUT2D eigenvalue weighted by molar-refractivity contribution is 6.62. The van der Waals surface area contributed by atoms with Crippen LogP contribution < -0.4 is 10.2 Å². The van der Waals surface area contributed by atoms with Crippen molar-refractivity contribution in [3.05, 3.63) is 23.5 Å². The van der Waals surface area contributed by atoms with Crippen LogP contribution in [0.15, 0.2) is 12.1 Å². The number of alkyl halides is 2. The van der Waals surface area contributed by atoms with Crippen LogP contribution in [0.1, 0.15) is 33.3 Å². The Labute approximate surface area is 126 Å². The number of hydrogen-bond acceptors (Lipinski definition) is 4. The van der Waals surface area contributed by atoms with E-state index in [4.69, 9.17) is 14.6 Å². The van der Waals surface area contributed by atoms with Crippen LogP contribution in [-0.4, -0.2) is 24.9 Å². The summed E-state index contributed by atoms with van der Waals surface area (Å²) in [6.07, 6.45) is 0. The zero-order valence-electron chi connectivity index (χ0n) is 12.6. The van der Waals surface area contributed by atoms with Crippen molar-refractivity contribution < 1.29 is 27.2 Å². The lowest BCUT2D eigenvalue weighted by molar-refractivity contribution is -0.0521. The van der Waals surface area contributed by atoms with Gasteiger partial charge in [0.05, 0.1) is 16.8 Å². The standard InChI is InChI=1S/C14H15BF3NO3/c1-13(2)14(3,4)22-15(21-13)9-5-8(7-19)11(16)10(6-9)20-12(17)18/h5-6,12H,1-4H3. The first-order chi connectivity index (χ1) is 10.1. The number of nitriles is 1. The van der Waals surface area contributed by atoms with Gasteiger partial charge in [0.15, 0.2) is 11.6 Å². The highest BCUT2D eigenvalue weighted by Crippen LogP contribution is 2.37. The first kappa shape index (κ1) is 16.7. The second kappa shape index (κ2) is 5.49. The Kier molecular flexibility index (Phi) is 4.15. The monoisotopic (exact) mass is 313 g/mol. The van der Waals surface area contributed by atoms with Crippen LogP contribution in [0.4, 0.5) is 13.2 Å². The summed E-state index contributed by atoms with van der Waals surface area (Å²) in [7, 11) is -0.905. The second-order valence-electron chi connectivity index (χ2n) is 5.96. The molecular weight excluding hydrogens is 298 g/mol. The Morgan fingerprint density at radius 1 is 1.18 bits per heavy atom. The fourth-order valence-electron chi connectivity index (χ4n) is 2.00. The molecule has 1 fully saturated rings. The average molecular weight is 313 g/mol. The summed E-state index contributed by atoms with van der Waals surface area (Å²) in [5.74, 6) is -1.85. The van der Waals surface area contributed by atoms with Crippen LogP contribution in [0.5, 0.6) is 5.75 Å². The van der Waals surface area contributed by atoms with Crippen molar-refractivity contribution in [3.8, 4) is 11.8 Å². The third-order valence-corrected chi connectivity index (χ3v) is 3.92. The van der Waals surface area contributed by atoms with Gasteiger partial charge in [0, 0.05) is 0 Å². The number of nitrogens with zero attached hydrogens (tertiary/aromatic N) is 1. The third kappa shape index (κ3) is 2.92. The highest BCUT2D eigenvalue weighted by Gasteiger charge is 2.52. The Bertz CT molecular complexity index is 612. The zero-order chi connectivity index (χ0) is 16.7. The van der Waals surface area contributed by atoms with Gasteiger partial charge in [-0.15, -0.1) is 0 Å². The molecule has 1 aliphatic rings. The van der Waals surface area contributed by atoms with E-state index < -0.39 is 42.1 Å². The quantitative estimate of drug-likeness (QED) is 0.805. The Morgan fingerprint density at radius 2 is 1.73 bits per heavy atom. The molecule has 0 unspecified atom stereocenters. The van der Waals surface area contributed by atoms with Crippen molar-refractivity contribution in [2.45, 2.75) is 45.5 Å². The molecule has 1 saturated heterocycles. The lowest BCUT2D eigenvalue weighted by atomic mass is 9.78. The summed E-state index contributed by atoms with van der Waals surface area (Å²) in [5, 5.41) is 8.93. The molecule has 0 N–H and O–H groups in total. The molecule has 1 aromatic carbocycles. The Hall–Kier alpha value is -1.72. The minimum absolute atomic E-state index is 0.243. The van der Waals surface area contributed by atoms with Crippen LogP contribution in [0, 0.1) is 17.1 Å². The predicted octanol–water partition coefficient (Wildman–Crippen LogP) is 2.60. The summed E-state index contributed by atoms with van der Waals surface area (Å²) in [6.45, 7) is 4.07. The number of benzene rings is 1. The van der Waals surface area contributed by atoms with E-state index >= 15 is 0 Å². The predicted molar refractivity (Wildman–Crippen MR) is 73.5 cm³/mol. The molecule has 0 saturated carbocycles. The van der Waals surface area contributed by atoms with Gasteiger partial charge in [0.1, 0.15) is 6.07 Å².